The zero-order valence-electron chi connectivity index (χ0n) is 11.9. The molecule has 0 heterocycles. The summed E-state index contributed by atoms with van der Waals surface area (Å²) in [5.41, 5.74) is 0.559. The molecule has 1 N–H and O–H groups in total. The largest absolute Gasteiger partial charge is 0.325 e. The third-order valence-corrected chi connectivity index (χ3v) is 4.79. The maximum Gasteiger partial charge on any atom is 0.246 e. The van der Waals surface area contributed by atoms with Gasteiger partial charge in [0.1, 0.15) is 10.7 Å². The molecule has 0 atom stereocenters. The Morgan fingerprint density at radius 2 is 1.68 bits per heavy atom. The number of benzene rings is 2. The fourth-order valence-electron chi connectivity index (χ4n) is 1.83. The summed E-state index contributed by atoms with van der Waals surface area (Å²) in [5, 5.41) is 2.57. The Labute approximate surface area is 128 Å². The van der Waals surface area contributed by atoms with Crippen molar-refractivity contribution in [2.75, 3.05) is 18.9 Å². The molecule has 0 radical (unpaired) electrons. The molecule has 22 heavy (non-hydrogen) atoms. The Kier molecular flexibility index (Phi) is 4.89. The SMILES string of the molecule is CN(CC(=O)Nc1ccccc1)S(=O)(=O)c1ccccc1F. The first-order valence-electron chi connectivity index (χ1n) is 6.47. The molecule has 2 aromatic carbocycles. The first-order valence-corrected chi connectivity index (χ1v) is 7.91. The van der Waals surface area contributed by atoms with Gasteiger partial charge in [0.15, 0.2) is 0 Å². The van der Waals surface area contributed by atoms with Crippen molar-refractivity contribution >= 4 is 21.6 Å². The third kappa shape index (κ3) is 3.69. The third-order valence-electron chi connectivity index (χ3n) is 2.95. The quantitative estimate of drug-likeness (QED) is 0.916. The Morgan fingerprint density at radius 1 is 1.09 bits per heavy atom. The minimum absolute atomic E-state index is 0.411. The Morgan fingerprint density at radius 3 is 2.32 bits per heavy atom. The lowest BCUT2D eigenvalue weighted by Gasteiger charge is -2.17. The molecule has 0 fully saturated rings. The average molecular weight is 322 g/mol. The van der Waals surface area contributed by atoms with E-state index in [0.29, 0.717) is 5.69 Å². The predicted octanol–water partition coefficient (Wildman–Crippen LogP) is 2.08. The lowest BCUT2D eigenvalue weighted by Crippen LogP contribution is -2.35. The monoisotopic (exact) mass is 322 g/mol. The minimum Gasteiger partial charge on any atom is -0.325 e. The van der Waals surface area contributed by atoms with Crippen LogP contribution in [0.2, 0.25) is 0 Å². The number of nitrogens with zero attached hydrogens (tertiary/aromatic N) is 1. The second-order valence-electron chi connectivity index (χ2n) is 4.61. The summed E-state index contributed by atoms with van der Waals surface area (Å²) in [5.74, 6) is -1.36. The molecular formula is C15H15FN2O3S. The van der Waals surface area contributed by atoms with Gasteiger partial charge in [-0.3, -0.25) is 4.79 Å². The van der Waals surface area contributed by atoms with E-state index in [4.69, 9.17) is 0 Å². The number of hydrogen-bond donors (Lipinski definition) is 1. The van der Waals surface area contributed by atoms with Gasteiger partial charge in [-0.25, -0.2) is 12.8 Å². The lowest BCUT2D eigenvalue weighted by atomic mass is 10.3. The van der Waals surface area contributed by atoms with Gasteiger partial charge in [-0.2, -0.15) is 4.31 Å². The van der Waals surface area contributed by atoms with Crippen molar-refractivity contribution in [3.05, 3.63) is 60.4 Å². The highest BCUT2D eigenvalue weighted by Gasteiger charge is 2.25. The van der Waals surface area contributed by atoms with Crippen LogP contribution in [0.1, 0.15) is 0 Å². The number of hydrogen-bond acceptors (Lipinski definition) is 3. The van der Waals surface area contributed by atoms with Crippen LogP contribution in [0.25, 0.3) is 0 Å². The van der Waals surface area contributed by atoms with Gasteiger partial charge in [0, 0.05) is 12.7 Å². The summed E-state index contributed by atoms with van der Waals surface area (Å²) in [7, 11) is -2.83. The fraction of sp³-hybridized carbons (Fsp3) is 0.133. The summed E-state index contributed by atoms with van der Waals surface area (Å²) in [4.78, 5) is 11.4. The summed E-state index contributed by atoms with van der Waals surface area (Å²) in [6.07, 6.45) is 0. The normalized spacial score (nSPS) is 11.4. The predicted molar refractivity (Wildman–Crippen MR) is 81.3 cm³/mol. The summed E-state index contributed by atoms with van der Waals surface area (Å²) in [6, 6.07) is 13.7. The smallest absolute Gasteiger partial charge is 0.246 e. The molecule has 0 aliphatic rings. The zero-order valence-corrected chi connectivity index (χ0v) is 12.7. The van der Waals surface area contributed by atoms with Crippen LogP contribution in [0.5, 0.6) is 0 Å². The average Bonchev–Trinajstić information content (AvgIpc) is 2.48. The van der Waals surface area contributed by atoms with E-state index < -0.39 is 33.2 Å². The van der Waals surface area contributed by atoms with E-state index in [1.54, 1.807) is 30.3 Å². The number of nitrogens with one attached hydrogen (secondary N) is 1. The van der Waals surface area contributed by atoms with E-state index in [9.17, 15) is 17.6 Å². The molecule has 2 aromatic rings. The fourth-order valence-corrected chi connectivity index (χ4v) is 3.02. The molecule has 0 aliphatic heterocycles. The highest BCUT2D eigenvalue weighted by molar-refractivity contribution is 7.89. The molecular weight excluding hydrogens is 307 g/mol. The Bertz CT molecular complexity index is 763. The van der Waals surface area contributed by atoms with Crippen LogP contribution in [-0.4, -0.2) is 32.2 Å². The number of halogens is 1. The van der Waals surface area contributed by atoms with Gasteiger partial charge >= 0.3 is 0 Å². The Hall–Kier alpha value is -2.25. The van der Waals surface area contributed by atoms with Crippen molar-refractivity contribution in [2.24, 2.45) is 0 Å². The molecule has 5 nitrogen and oxygen atoms in total. The molecule has 0 saturated heterocycles. The molecule has 0 saturated carbocycles. The van der Waals surface area contributed by atoms with Gasteiger partial charge in [-0.1, -0.05) is 30.3 Å². The lowest BCUT2D eigenvalue weighted by molar-refractivity contribution is -0.116. The number of sulfonamides is 1. The van der Waals surface area contributed by atoms with Crippen LogP contribution < -0.4 is 5.32 Å². The van der Waals surface area contributed by atoms with Crippen LogP contribution in [0, 0.1) is 5.82 Å². The number of likely N-dealkylation sites (N-methyl/N-ethyl adjacent to an activating group) is 1. The summed E-state index contributed by atoms with van der Waals surface area (Å²) < 4.78 is 38.9. The van der Waals surface area contributed by atoms with Crippen molar-refractivity contribution < 1.29 is 17.6 Å². The molecule has 0 aromatic heterocycles. The molecule has 0 spiro atoms. The van der Waals surface area contributed by atoms with Gasteiger partial charge in [0.05, 0.1) is 6.54 Å². The van der Waals surface area contributed by atoms with E-state index in [1.807, 2.05) is 0 Å². The molecule has 1 amide bonds. The van der Waals surface area contributed by atoms with Crippen molar-refractivity contribution in [3.63, 3.8) is 0 Å². The molecule has 116 valence electrons. The van der Waals surface area contributed by atoms with Crippen LogP contribution in [0.4, 0.5) is 10.1 Å². The van der Waals surface area contributed by atoms with E-state index in [0.717, 1.165) is 16.4 Å². The van der Waals surface area contributed by atoms with Gasteiger partial charge in [0.25, 0.3) is 0 Å². The topological polar surface area (TPSA) is 66.5 Å². The zero-order chi connectivity index (χ0) is 16.2. The number of carbonyl (C=O) groups is 1. The van der Waals surface area contributed by atoms with Crippen LogP contribution in [-0.2, 0) is 14.8 Å². The van der Waals surface area contributed by atoms with Gasteiger partial charge in [0.2, 0.25) is 15.9 Å². The van der Waals surface area contributed by atoms with Crippen molar-refractivity contribution in [1.82, 2.24) is 4.31 Å². The van der Waals surface area contributed by atoms with Crippen LogP contribution in [0.3, 0.4) is 0 Å². The van der Waals surface area contributed by atoms with E-state index >= 15 is 0 Å². The second kappa shape index (κ2) is 6.67. The summed E-state index contributed by atoms with van der Waals surface area (Å²) in [6.45, 7) is -0.411. The molecule has 2 rings (SSSR count). The highest BCUT2D eigenvalue weighted by atomic mass is 32.2. The number of amides is 1. The van der Waals surface area contributed by atoms with E-state index in [-0.39, 0.29) is 0 Å². The first-order chi connectivity index (χ1) is 10.4. The number of rotatable bonds is 5. The summed E-state index contributed by atoms with van der Waals surface area (Å²) >= 11 is 0. The number of anilines is 1. The van der Waals surface area contributed by atoms with Crippen molar-refractivity contribution in [1.29, 1.82) is 0 Å². The van der Waals surface area contributed by atoms with E-state index in [1.165, 1.54) is 19.2 Å². The minimum atomic E-state index is -4.06. The van der Waals surface area contributed by atoms with Gasteiger partial charge in [-0.15, -0.1) is 0 Å². The maximum atomic E-state index is 13.6. The standard InChI is InChI=1S/C15H15FN2O3S/c1-18(11-15(19)17-12-7-3-2-4-8-12)22(20,21)14-10-6-5-9-13(14)16/h2-10H,11H2,1H3,(H,17,19). The number of carbonyl (C=O) groups excluding carboxylic acids is 1. The van der Waals surface area contributed by atoms with Crippen LogP contribution >= 0.6 is 0 Å². The highest BCUT2D eigenvalue weighted by Crippen LogP contribution is 2.17. The van der Waals surface area contributed by atoms with E-state index in [2.05, 4.69) is 5.32 Å². The Balaban J connectivity index is 2.10. The first kappa shape index (κ1) is 16.1. The second-order valence-corrected chi connectivity index (χ2v) is 6.62. The molecule has 0 aliphatic carbocycles. The number of para-hydroxylation sites is 1. The van der Waals surface area contributed by atoms with Crippen molar-refractivity contribution in [2.45, 2.75) is 4.90 Å². The van der Waals surface area contributed by atoms with Gasteiger partial charge in [-0.05, 0) is 24.3 Å². The maximum absolute atomic E-state index is 13.6. The molecule has 0 bridgehead atoms. The van der Waals surface area contributed by atoms with Crippen molar-refractivity contribution in [3.8, 4) is 0 Å². The molecule has 0 unspecified atom stereocenters. The van der Waals surface area contributed by atoms with Crippen LogP contribution in [0.15, 0.2) is 59.5 Å². The van der Waals surface area contributed by atoms with Gasteiger partial charge < -0.3 is 5.32 Å². The molecule has 7 heteroatoms.